The molecule has 0 aliphatic carbocycles. The van der Waals surface area contributed by atoms with Crippen LogP contribution in [0.5, 0.6) is 5.75 Å². The summed E-state index contributed by atoms with van der Waals surface area (Å²) in [6, 6.07) is 14.6. The topological polar surface area (TPSA) is 49.9 Å². The first kappa shape index (κ1) is 28.6. The van der Waals surface area contributed by atoms with Gasteiger partial charge in [-0.15, -0.1) is 6.58 Å². The molecule has 3 rings (SSSR count). The van der Waals surface area contributed by atoms with Gasteiger partial charge < -0.3 is 4.43 Å². The van der Waals surface area contributed by atoms with Crippen LogP contribution in [0.4, 0.5) is 0 Å². The second kappa shape index (κ2) is 11.2. The van der Waals surface area contributed by atoms with Crippen LogP contribution in [0.15, 0.2) is 60.0 Å². The van der Waals surface area contributed by atoms with E-state index in [9.17, 15) is 8.42 Å². The Balaban J connectivity index is 2.22. The SMILES string of the molecule is C=CCN1C[C@H](C)N(C(c2ccc(S(C)(=O)=O)cc2)c2cccc(C(C)(C)C)c2O[SiH](C)C)C[C@H]1C. The summed E-state index contributed by atoms with van der Waals surface area (Å²) < 4.78 is 31.0. The molecule has 0 N–H and O–H groups in total. The van der Waals surface area contributed by atoms with Crippen LogP contribution < -0.4 is 4.43 Å². The van der Waals surface area contributed by atoms with E-state index in [1.54, 1.807) is 12.1 Å². The first-order valence-corrected chi connectivity index (χ1v) is 17.6. The number of benzene rings is 2. The van der Waals surface area contributed by atoms with Gasteiger partial charge in [0.1, 0.15) is 5.75 Å². The second-order valence-corrected chi connectivity index (χ2v) is 15.9. The minimum Gasteiger partial charge on any atom is -0.547 e. The molecule has 0 bridgehead atoms. The molecule has 36 heavy (non-hydrogen) atoms. The molecule has 0 aromatic heterocycles. The van der Waals surface area contributed by atoms with Crippen molar-refractivity contribution in [2.24, 2.45) is 0 Å². The molecule has 1 aliphatic heterocycles. The average molecular weight is 529 g/mol. The predicted octanol–water partition coefficient (Wildman–Crippen LogP) is 5.42. The Morgan fingerprint density at radius 3 is 2.25 bits per heavy atom. The van der Waals surface area contributed by atoms with Crippen LogP contribution in [-0.4, -0.2) is 65.2 Å². The molecule has 1 aliphatic rings. The van der Waals surface area contributed by atoms with Crippen LogP contribution in [0, 0.1) is 0 Å². The molecule has 0 saturated carbocycles. The first-order valence-electron chi connectivity index (χ1n) is 12.9. The maximum Gasteiger partial charge on any atom is 0.229 e. The summed E-state index contributed by atoms with van der Waals surface area (Å²) in [4.78, 5) is 5.38. The molecular weight excluding hydrogens is 484 g/mol. The van der Waals surface area contributed by atoms with E-state index in [1.165, 1.54) is 11.8 Å². The molecule has 2 aromatic carbocycles. The van der Waals surface area contributed by atoms with E-state index >= 15 is 0 Å². The van der Waals surface area contributed by atoms with Gasteiger partial charge >= 0.3 is 0 Å². The quantitative estimate of drug-likeness (QED) is 0.338. The third-order valence-corrected chi connectivity index (χ3v) is 8.82. The van der Waals surface area contributed by atoms with Crippen molar-refractivity contribution in [3.63, 3.8) is 0 Å². The Morgan fingerprint density at radius 2 is 1.72 bits per heavy atom. The summed E-state index contributed by atoms with van der Waals surface area (Å²) in [7, 11) is -4.67. The molecule has 0 spiro atoms. The summed E-state index contributed by atoms with van der Waals surface area (Å²) in [5.41, 5.74) is 3.39. The molecule has 3 atom stereocenters. The van der Waals surface area contributed by atoms with E-state index in [0.29, 0.717) is 17.0 Å². The number of nitrogens with zero attached hydrogens (tertiary/aromatic N) is 2. The highest BCUT2D eigenvalue weighted by atomic mass is 32.2. The Kier molecular flexibility index (Phi) is 8.92. The zero-order valence-electron chi connectivity index (χ0n) is 23.3. The molecular formula is C29H44N2O3SSi. The molecule has 198 valence electrons. The van der Waals surface area contributed by atoms with Crippen molar-refractivity contribution in [2.75, 3.05) is 25.9 Å². The van der Waals surface area contributed by atoms with Gasteiger partial charge in [-0.05, 0) is 55.6 Å². The summed E-state index contributed by atoms with van der Waals surface area (Å²) >= 11 is 0. The number of rotatable bonds is 8. The highest BCUT2D eigenvalue weighted by Gasteiger charge is 2.37. The van der Waals surface area contributed by atoms with E-state index in [2.05, 4.69) is 82.3 Å². The number of sulfone groups is 1. The van der Waals surface area contributed by atoms with Gasteiger partial charge in [0, 0.05) is 43.5 Å². The zero-order chi connectivity index (χ0) is 26.8. The first-order chi connectivity index (χ1) is 16.7. The van der Waals surface area contributed by atoms with Crippen LogP contribution >= 0.6 is 0 Å². The fraction of sp³-hybridized carbons (Fsp3) is 0.517. The smallest absolute Gasteiger partial charge is 0.229 e. The van der Waals surface area contributed by atoms with Crippen LogP contribution in [-0.2, 0) is 15.3 Å². The maximum atomic E-state index is 12.2. The van der Waals surface area contributed by atoms with Crippen molar-refractivity contribution in [1.29, 1.82) is 0 Å². The van der Waals surface area contributed by atoms with Gasteiger partial charge in [-0.3, -0.25) is 9.80 Å². The molecule has 1 fully saturated rings. The molecule has 1 unspecified atom stereocenters. The van der Waals surface area contributed by atoms with Crippen LogP contribution in [0.25, 0.3) is 0 Å². The van der Waals surface area contributed by atoms with Crippen molar-refractivity contribution >= 4 is 18.9 Å². The zero-order valence-corrected chi connectivity index (χ0v) is 25.3. The predicted molar refractivity (Wildman–Crippen MR) is 153 cm³/mol. The number of hydrogen-bond donors (Lipinski definition) is 0. The Hall–Kier alpha value is -1.93. The van der Waals surface area contributed by atoms with Gasteiger partial charge in [0.05, 0.1) is 10.9 Å². The summed E-state index contributed by atoms with van der Waals surface area (Å²) in [6.45, 7) is 22.3. The van der Waals surface area contributed by atoms with Crippen LogP contribution in [0.1, 0.15) is 57.4 Å². The molecule has 7 heteroatoms. The number of piperazine rings is 1. The van der Waals surface area contributed by atoms with Crippen molar-refractivity contribution in [1.82, 2.24) is 9.80 Å². The van der Waals surface area contributed by atoms with Gasteiger partial charge in [0.25, 0.3) is 0 Å². The van der Waals surface area contributed by atoms with E-state index in [-0.39, 0.29) is 11.5 Å². The van der Waals surface area contributed by atoms with E-state index in [4.69, 9.17) is 4.43 Å². The van der Waals surface area contributed by atoms with Gasteiger partial charge in [0.15, 0.2) is 9.84 Å². The van der Waals surface area contributed by atoms with E-state index in [1.807, 2.05) is 18.2 Å². The van der Waals surface area contributed by atoms with Gasteiger partial charge in [-0.1, -0.05) is 57.2 Å². The van der Waals surface area contributed by atoms with E-state index < -0.39 is 18.9 Å². The van der Waals surface area contributed by atoms with Gasteiger partial charge in [-0.2, -0.15) is 0 Å². The standard InChI is InChI=1S/C29H44N2O3SSi/c1-10-18-30-19-22(3)31(20-21(30)2)27(23-14-16-24(17-15-23)35(7,32)33)25-12-11-13-26(29(4,5)6)28(25)34-36(8)9/h10-17,21-22,27,36H,1,18-20H2,2-9H3/t21-,22+,27?/m1/s1. The minimum absolute atomic E-state index is 0.0491. The van der Waals surface area contributed by atoms with Gasteiger partial charge in [0.2, 0.25) is 9.04 Å². The lowest BCUT2D eigenvalue weighted by Crippen LogP contribution is -2.57. The Bertz CT molecular complexity index is 1160. The summed E-state index contributed by atoms with van der Waals surface area (Å²) in [5, 5.41) is 0. The number of para-hydroxylation sites is 1. The maximum absolute atomic E-state index is 12.2. The Labute approximate surface area is 220 Å². The van der Waals surface area contributed by atoms with Crippen LogP contribution in [0.3, 0.4) is 0 Å². The summed E-state index contributed by atoms with van der Waals surface area (Å²) in [6.07, 6.45) is 3.24. The van der Waals surface area contributed by atoms with Crippen molar-refractivity contribution in [3.8, 4) is 5.75 Å². The normalized spacial score (nSPS) is 20.9. The highest BCUT2D eigenvalue weighted by Crippen LogP contribution is 2.43. The lowest BCUT2D eigenvalue weighted by molar-refractivity contribution is 0.0302. The van der Waals surface area contributed by atoms with E-state index in [0.717, 1.165) is 36.5 Å². The monoisotopic (exact) mass is 528 g/mol. The minimum atomic E-state index is -3.27. The fourth-order valence-corrected chi connectivity index (χ4v) is 6.54. The third kappa shape index (κ3) is 6.49. The van der Waals surface area contributed by atoms with Crippen molar-refractivity contribution < 1.29 is 12.8 Å². The van der Waals surface area contributed by atoms with Crippen LogP contribution in [0.2, 0.25) is 13.1 Å². The van der Waals surface area contributed by atoms with Crippen molar-refractivity contribution in [2.45, 2.75) is 76.1 Å². The fourth-order valence-electron chi connectivity index (χ4n) is 5.18. The largest absolute Gasteiger partial charge is 0.547 e. The van der Waals surface area contributed by atoms with Crippen molar-refractivity contribution in [3.05, 3.63) is 71.8 Å². The average Bonchev–Trinajstić information content (AvgIpc) is 2.77. The highest BCUT2D eigenvalue weighted by molar-refractivity contribution is 7.90. The lowest BCUT2D eigenvalue weighted by Gasteiger charge is -2.48. The molecule has 5 nitrogen and oxygen atoms in total. The Morgan fingerprint density at radius 1 is 1.08 bits per heavy atom. The molecule has 0 amide bonds. The van der Waals surface area contributed by atoms with Gasteiger partial charge in [-0.25, -0.2) is 8.42 Å². The molecule has 2 aromatic rings. The third-order valence-electron chi connectivity index (χ3n) is 6.98. The molecule has 1 saturated heterocycles. The summed E-state index contributed by atoms with van der Waals surface area (Å²) in [5.74, 6) is 0.997. The number of hydrogen-bond acceptors (Lipinski definition) is 5. The molecule has 1 heterocycles. The lowest BCUT2D eigenvalue weighted by atomic mass is 9.83. The molecule has 0 radical (unpaired) electrons. The second-order valence-electron chi connectivity index (χ2n) is 11.5.